The minimum Gasteiger partial charge on any atom is -0.478 e. The van der Waals surface area contributed by atoms with Crippen LogP contribution in [-0.4, -0.2) is 23.7 Å². The van der Waals surface area contributed by atoms with Gasteiger partial charge in [0.25, 0.3) is 0 Å². The van der Waals surface area contributed by atoms with Gasteiger partial charge in [-0.05, 0) is 31.6 Å². The Hall–Kier alpha value is -0.830. The summed E-state index contributed by atoms with van der Waals surface area (Å²) in [7, 11) is 0. The number of carbonyl (C=O) groups is 1. The van der Waals surface area contributed by atoms with Gasteiger partial charge in [-0.3, -0.25) is 0 Å². The second-order valence-corrected chi connectivity index (χ2v) is 4.42. The minimum absolute atomic E-state index is 0.257. The molecule has 0 aromatic rings. The molecule has 3 nitrogen and oxygen atoms in total. The van der Waals surface area contributed by atoms with E-state index in [1.54, 1.807) is 0 Å². The van der Waals surface area contributed by atoms with Gasteiger partial charge in [0.1, 0.15) is 0 Å². The van der Waals surface area contributed by atoms with Crippen LogP contribution in [0.5, 0.6) is 0 Å². The summed E-state index contributed by atoms with van der Waals surface area (Å²) in [6.07, 6.45) is 6.16. The smallest absolute Gasteiger partial charge is 0.332 e. The molecular weight excluding hydrogens is 190 g/mol. The molecule has 86 valence electrons. The first-order chi connectivity index (χ1) is 7.13. The van der Waals surface area contributed by atoms with E-state index in [0.717, 1.165) is 5.92 Å². The first kappa shape index (κ1) is 12.2. The largest absolute Gasteiger partial charge is 0.478 e. The fourth-order valence-electron chi connectivity index (χ4n) is 2.12. The molecule has 0 unspecified atom stereocenters. The molecule has 0 amide bonds. The van der Waals surface area contributed by atoms with Crippen LogP contribution < -0.4 is 5.32 Å². The summed E-state index contributed by atoms with van der Waals surface area (Å²) in [5, 5.41) is 11.9. The fraction of sp³-hybridized carbons (Fsp3) is 0.750. The zero-order valence-corrected chi connectivity index (χ0v) is 9.46. The molecular formula is C12H21NO2. The highest BCUT2D eigenvalue weighted by atomic mass is 16.4. The average molecular weight is 211 g/mol. The third-order valence-electron chi connectivity index (χ3n) is 3.33. The second-order valence-electron chi connectivity index (χ2n) is 4.42. The third-order valence-corrected chi connectivity index (χ3v) is 3.33. The lowest BCUT2D eigenvalue weighted by atomic mass is 9.84. The highest BCUT2D eigenvalue weighted by molar-refractivity contribution is 5.86. The van der Waals surface area contributed by atoms with Crippen LogP contribution in [0.2, 0.25) is 0 Å². The topological polar surface area (TPSA) is 49.3 Å². The quantitative estimate of drug-likeness (QED) is 0.685. The van der Waals surface area contributed by atoms with Crippen LogP contribution >= 0.6 is 0 Å². The lowest BCUT2D eigenvalue weighted by molar-refractivity contribution is -0.132. The minimum atomic E-state index is -0.898. The van der Waals surface area contributed by atoms with Gasteiger partial charge in [-0.15, -0.1) is 0 Å². The van der Waals surface area contributed by atoms with Crippen molar-refractivity contribution in [2.75, 3.05) is 6.54 Å². The fourth-order valence-corrected chi connectivity index (χ4v) is 2.12. The SMILES string of the molecule is C=C(CNC1CCC(CC)CC1)C(=O)O. The molecule has 0 radical (unpaired) electrons. The summed E-state index contributed by atoms with van der Waals surface area (Å²) < 4.78 is 0. The van der Waals surface area contributed by atoms with Crippen molar-refractivity contribution in [1.29, 1.82) is 0 Å². The molecule has 0 saturated heterocycles. The molecule has 0 aliphatic heterocycles. The Bertz CT molecular complexity index is 230. The summed E-state index contributed by atoms with van der Waals surface area (Å²) in [5.74, 6) is -0.0181. The Labute approximate surface area is 91.6 Å². The van der Waals surface area contributed by atoms with E-state index in [1.165, 1.54) is 32.1 Å². The predicted molar refractivity (Wildman–Crippen MR) is 60.8 cm³/mol. The van der Waals surface area contributed by atoms with Crippen molar-refractivity contribution in [3.63, 3.8) is 0 Å². The summed E-state index contributed by atoms with van der Waals surface area (Å²) >= 11 is 0. The zero-order chi connectivity index (χ0) is 11.3. The number of hydrogen-bond donors (Lipinski definition) is 2. The maximum atomic E-state index is 10.5. The number of rotatable bonds is 5. The molecule has 0 aromatic heterocycles. The first-order valence-electron chi connectivity index (χ1n) is 5.78. The van der Waals surface area contributed by atoms with Crippen LogP contribution in [0.3, 0.4) is 0 Å². The number of carboxylic acid groups (broad SMARTS) is 1. The molecule has 1 rings (SSSR count). The Balaban J connectivity index is 2.19. The van der Waals surface area contributed by atoms with Gasteiger partial charge in [0.05, 0.1) is 0 Å². The van der Waals surface area contributed by atoms with E-state index in [2.05, 4.69) is 18.8 Å². The van der Waals surface area contributed by atoms with Crippen molar-refractivity contribution in [2.24, 2.45) is 5.92 Å². The number of nitrogens with one attached hydrogen (secondary N) is 1. The van der Waals surface area contributed by atoms with E-state index < -0.39 is 5.97 Å². The molecule has 1 aliphatic rings. The monoisotopic (exact) mass is 211 g/mol. The molecule has 0 heterocycles. The Morgan fingerprint density at radius 1 is 1.40 bits per heavy atom. The van der Waals surface area contributed by atoms with E-state index >= 15 is 0 Å². The Kier molecular flexibility index (Phi) is 4.82. The van der Waals surface area contributed by atoms with Crippen molar-refractivity contribution >= 4 is 5.97 Å². The summed E-state index contributed by atoms with van der Waals surface area (Å²) in [4.78, 5) is 10.5. The summed E-state index contributed by atoms with van der Waals surface area (Å²) in [6, 6.07) is 0.490. The van der Waals surface area contributed by atoms with E-state index in [0.29, 0.717) is 12.6 Å². The van der Waals surface area contributed by atoms with Crippen LogP contribution in [-0.2, 0) is 4.79 Å². The Morgan fingerprint density at radius 2 is 2.00 bits per heavy atom. The highest BCUT2D eigenvalue weighted by Gasteiger charge is 2.19. The molecule has 0 aromatic carbocycles. The van der Waals surface area contributed by atoms with Crippen LogP contribution in [0, 0.1) is 5.92 Å². The van der Waals surface area contributed by atoms with Gasteiger partial charge in [0.2, 0.25) is 0 Å². The molecule has 15 heavy (non-hydrogen) atoms. The standard InChI is InChI=1S/C12H21NO2/c1-3-10-4-6-11(7-5-10)13-8-9(2)12(14)15/h10-11,13H,2-8H2,1H3,(H,14,15). The van der Waals surface area contributed by atoms with Crippen molar-refractivity contribution in [2.45, 2.75) is 45.1 Å². The van der Waals surface area contributed by atoms with Crippen molar-refractivity contribution < 1.29 is 9.90 Å². The van der Waals surface area contributed by atoms with Gasteiger partial charge in [0.15, 0.2) is 0 Å². The molecule has 1 saturated carbocycles. The van der Waals surface area contributed by atoms with E-state index in [-0.39, 0.29) is 5.57 Å². The normalized spacial score (nSPS) is 26.2. The molecule has 0 bridgehead atoms. The molecule has 1 fully saturated rings. The highest BCUT2D eigenvalue weighted by Crippen LogP contribution is 2.26. The van der Waals surface area contributed by atoms with Crippen molar-refractivity contribution in [1.82, 2.24) is 5.32 Å². The van der Waals surface area contributed by atoms with Crippen LogP contribution in [0.1, 0.15) is 39.0 Å². The third kappa shape index (κ3) is 4.04. The molecule has 2 N–H and O–H groups in total. The van der Waals surface area contributed by atoms with E-state index in [1.807, 2.05) is 0 Å². The number of hydrogen-bond acceptors (Lipinski definition) is 2. The lowest BCUT2D eigenvalue weighted by Crippen LogP contribution is -2.35. The zero-order valence-electron chi connectivity index (χ0n) is 9.46. The van der Waals surface area contributed by atoms with Crippen LogP contribution in [0.25, 0.3) is 0 Å². The maximum absolute atomic E-state index is 10.5. The first-order valence-corrected chi connectivity index (χ1v) is 5.78. The van der Waals surface area contributed by atoms with E-state index in [4.69, 9.17) is 5.11 Å². The average Bonchev–Trinajstić information content (AvgIpc) is 2.26. The van der Waals surface area contributed by atoms with Gasteiger partial charge < -0.3 is 10.4 Å². The van der Waals surface area contributed by atoms with Gasteiger partial charge in [0, 0.05) is 18.2 Å². The number of carboxylic acids is 1. The summed E-state index contributed by atoms with van der Waals surface area (Å²) in [5.41, 5.74) is 0.257. The Morgan fingerprint density at radius 3 is 2.47 bits per heavy atom. The van der Waals surface area contributed by atoms with Crippen LogP contribution in [0.15, 0.2) is 12.2 Å². The second kappa shape index (κ2) is 5.91. The van der Waals surface area contributed by atoms with Gasteiger partial charge >= 0.3 is 5.97 Å². The van der Waals surface area contributed by atoms with Gasteiger partial charge in [-0.25, -0.2) is 4.79 Å². The number of aliphatic carboxylic acids is 1. The molecule has 0 atom stereocenters. The van der Waals surface area contributed by atoms with Crippen molar-refractivity contribution in [3.8, 4) is 0 Å². The maximum Gasteiger partial charge on any atom is 0.332 e. The predicted octanol–water partition coefficient (Wildman–Crippen LogP) is 2.19. The summed E-state index contributed by atoms with van der Waals surface area (Å²) in [6.45, 7) is 6.16. The van der Waals surface area contributed by atoms with Gasteiger partial charge in [-0.1, -0.05) is 19.9 Å². The van der Waals surface area contributed by atoms with Gasteiger partial charge in [-0.2, -0.15) is 0 Å². The van der Waals surface area contributed by atoms with Crippen molar-refractivity contribution in [3.05, 3.63) is 12.2 Å². The molecule has 3 heteroatoms. The lowest BCUT2D eigenvalue weighted by Gasteiger charge is -2.28. The molecule has 0 spiro atoms. The molecule has 1 aliphatic carbocycles. The van der Waals surface area contributed by atoms with E-state index in [9.17, 15) is 4.79 Å². The van der Waals surface area contributed by atoms with Crippen LogP contribution in [0.4, 0.5) is 0 Å².